The molecule has 5 heteroatoms. The van der Waals surface area contributed by atoms with Crippen LogP contribution in [0, 0.1) is 0 Å². The Morgan fingerprint density at radius 2 is 1.69 bits per heavy atom. The number of ether oxygens (including phenoxy) is 2. The van der Waals surface area contributed by atoms with Crippen molar-refractivity contribution in [2.45, 2.75) is 6.42 Å². The summed E-state index contributed by atoms with van der Waals surface area (Å²) in [5, 5.41) is 0.369. The summed E-state index contributed by atoms with van der Waals surface area (Å²) in [4.78, 5) is 12.2. The zero-order valence-corrected chi connectivity index (χ0v) is 16.2. The van der Waals surface area contributed by atoms with E-state index in [0.717, 1.165) is 10.9 Å². The van der Waals surface area contributed by atoms with Crippen molar-refractivity contribution in [1.29, 1.82) is 0 Å². The van der Waals surface area contributed by atoms with Crippen molar-refractivity contribution < 1.29 is 14.3 Å². The third kappa shape index (κ3) is 5.10. The van der Waals surface area contributed by atoms with Crippen LogP contribution in [-0.2, 0) is 6.42 Å². The molecule has 0 spiro atoms. The molecular weight excluding hydrogens is 416 g/mol. The van der Waals surface area contributed by atoms with E-state index in [4.69, 9.17) is 21.1 Å². The molecule has 132 valence electrons. The number of rotatable bonds is 6. The number of carbonyl (C=O) groups excluding carboxylic acids is 1. The van der Waals surface area contributed by atoms with Gasteiger partial charge in [-0.15, -0.1) is 0 Å². The summed E-state index contributed by atoms with van der Waals surface area (Å²) in [6.45, 7) is 0.572. The van der Waals surface area contributed by atoms with Crippen molar-refractivity contribution in [2.75, 3.05) is 6.61 Å². The van der Waals surface area contributed by atoms with Crippen LogP contribution in [0.3, 0.4) is 0 Å². The molecule has 0 saturated heterocycles. The Kier molecular flexibility index (Phi) is 6.31. The van der Waals surface area contributed by atoms with Gasteiger partial charge in [-0.05, 0) is 48.0 Å². The van der Waals surface area contributed by atoms with Crippen LogP contribution in [0.1, 0.15) is 15.9 Å². The lowest BCUT2D eigenvalue weighted by molar-refractivity contribution is 0.0735. The average molecular weight is 432 g/mol. The Hall–Kier alpha value is -2.30. The van der Waals surface area contributed by atoms with Crippen LogP contribution >= 0.6 is 27.5 Å². The first-order chi connectivity index (χ1) is 12.6. The molecule has 3 aromatic rings. The van der Waals surface area contributed by atoms with Crippen LogP contribution < -0.4 is 9.47 Å². The van der Waals surface area contributed by atoms with Crippen LogP contribution in [0.15, 0.2) is 77.3 Å². The van der Waals surface area contributed by atoms with Crippen molar-refractivity contribution in [3.63, 3.8) is 0 Å². The smallest absolute Gasteiger partial charge is 0.343 e. The molecule has 0 heterocycles. The number of hydrogen-bond acceptors (Lipinski definition) is 3. The Balaban J connectivity index is 1.55. The molecule has 0 N–H and O–H groups in total. The Labute approximate surface area is 165 Å². The highest BCUT2D eigenvalue weighted by atomic mass is 79.9. The van der Waals surface area contributed by atoms with E-state index >= 15 is 0 Å². The van der Waals surface area contributed by atoms with Crippen molar-refractivity contribution in [3.8, 4) is 11.5 Å². The molecule has 3 rings (SSSR count). The van der Waals surface area contributed by atoms with E-state index in [-0.39, 0.29) is 0 Å². The maximum absolute atomic E-state index is 12.2. The average Bonchev–Trinajstić information content (AvgIpc) is 2.65. The first kappa shape index (κ1) is 18.5. The number of halogens is 2. The molecule has 3 nitrogen and oxygen atoms in total. The van der Waals surface area contributed by atoms with Crippen LogP contribution in [0.5, 0.6) is 11.5 Å². The zero-order valence-electron chi connectivity index (χ0n) is 13.8. The van der Waals surface area contributed by atoms with Crippen LogP contribution in [0.25, 0.3) is 0 Å². The van der Waals surface area contributed by atoms with Gasteiger partial charge in [-0.1, -0.05) is 57.9 Å². The molecule has 0 saturated carbocycles. The fourth-order valence-electron chi connectivity index (χ4n) is 2.34. The maximum atomic E-state index is 12.2. The van der Waals surface area contributed by atoms with Gasteiger partial charge < -0.3 is 9.47 Å². The highest BCUT2D eigenvalue weighted by Crippen LogP contribution is 2.28. The Morgan fingerprint density at radius 3 is 2.38 bits per heavy atom. The molecule has 3 aromatic carbocycles. The molecule has 0 atom stereocenters. The van der Waals surface area contributed by atoms with Gasteiger partial charge >= 0.3 is 5.97 Å². The minimum atomic E-state index is -0.468. The standard InChI is InChI=1S/C21H16BrClO3/c22-17-8-11-20(19(23)14-17)26-21(24)16-6-9-18(10-7-16)25-13-12-15-4-2-1-3-5-15/h1-11,14H,12-13H2. The molecule has 0 aromatic heterocycles. The van der Waals surface area contributed by atoms with Gasteiger partial charge in [0, 0.05) is 10.9 Å². The first-order valence-electron chi connectivity index (χ1n) is 8.06. The van der Waals surface area contributed by atoms with E-state index in [1.54, 1.807) is 42.5 Å². The van der Waals surface area contributed by atoms with Crippen molar-refractivity contribution >= 4 is 33.5 Å². The largest absolute Gasteiger partial charge is 0.493 e. The summed E-state index contributed by atoms with van der Waals surface area (Å²) in [6.07, 6.45) is 0.826. The second-order valence-corrected chi connectivity index (χ2v) is 6.90. The lowest BCUT2D eigenvalue weighted by Gasteiger charge is -2.08. The van der Waals surface area contributed by atoms with Gasteiger partial charge in [-0.25, -0.2) is 4.79 Å². The maximum Gasteiger partial charge on any atom is 0.343 e. The summed E-state index contributed by atoms with van der Waals surface area (Å²) >= 11 is 9.38. The molecule has 0 amide bonds. The quantitative estimate of drug-likeness (QED) is 0.358. The highest BCUT2D eigenvalue weighted by molar-refractivity contribution is 9.10. The lowest BCUT2D eigenvalue weighted by atomic mass is 10.2. The van der Waals surface area contributed by atoms with E-state index in [0.29, 0.717) is 28.7 Å². The third-order valence-corrected chi connectivity index (χ3v) is 4.48. The zero-order chi connectivity index (χ0) is 18.4. The third-order valence-electron chi connectivity index (χ3n) is 3.69. The fraction of sp³-hybridized carbons (Fsp3) is 0.0952. The van der Waals surface area contributed by atoms with E-state index in [1.807, 2.05) is 18.2 Å². The Morgan fingerprint density at radius 1 is 0.962 bits per heavy atom. The van der Waals surface area contributed by atoms with E-state index in [9.17, 15) is 4.79 Å². The second-order valence-electron chi connectivity index (χ2n) is 5.57. The van der Waals surface area contributed by atoms with E-state index in [1.165, 1.54) is 5.56 Å². The van der Waals surface area contributed by atoms with Gasteiger partial charge in [0.05, 0.1) is 17.2 Å². The normalized spacial score (nSPS) is 10.4. The molecule has 0 radical (unpaired) electrons. The summed E-state index contributed by atoms with van der Waals surface area (Å²) in [5.41, 5.74) is 1.65. The molecule has 0 aliphatic rings. The van der Waals surface area contributed by atoms with E-state index in [2.05, 4.69) is 28.1 Å². The van der Waals surface area contributed by atoms with E-state index < -0.39 is 5.97 Å². The van der Waals surface area contributed by atoms with Crippen molar-refractivity contribution in [2.24, 2.45) is 0 Å². The van der Waals surface area contributed by atoms with Crippen molar-refractivity contribution in [1.82, 2.24) is 0 Å². The second kappa shape index (κ2) is 8.88. The number of carbonyl (C=O) groups is 1. The fourth-order valence-corrected chi connectivity index (χ4v) is 3.05. The summed E-state index contributed by atoms with van der Waals surface area (Å²) in [7, 11) is 0. The predicted molar refractivity (Wildman–Crippen MR) is 106 cm³/mol. The van der Waals surface area contributed by atoms with Gasteiger partial charge in [-0.3, -0.25) is 0 Å². The molecular formula is C21H16BrClO3. The monoisotopic (exact) mass is 430 g/mol. The number of hydrogen-bond donors (Lipinski definition) is 0. The molecule has 0 bridgehead atoms. The van der Waals surface area contributed by atoms with Gasteiger partial charge in [-0.2, -0.15) is 0 Å². The van der Waals surface area contributed by atoms with Gasteiger partial charge in [0.15, 0.2) is 0 Å². The topological polar surface area (TPSA) is 35.5 Å². The molecule has 0 fully saturated rings. The minimum absolute atomic E-state index is 0.322. The predicted octanol–water partition coefficient (Wildman–Crippen LogP) is 5.94. The van der Waals surface area contributed by atoms with Crippen LogP contribution in [0.2, 0.25) is 5.02 Å². The van der Waals surface area contributed by atoms with Crippen molar-refractivity contribution in [3.05, 3.63) is 93.4 Å². The molecule has 26 heavy (non-hydrogen) atoms. The number of benzene rings is 3. The summed E-state index contributed by atoms with van der Waals surface area (Å²) < 4.78 is 11.9. The summed E-state index contributed by atoms with van der Waals surface area (Å²) in [6, 6.07) is 22.1. The lowest BCUT2D eigenvalue weighted by Crippen LogP contribution is -2.09. The molecule has 0 unspecified atom stereocenters. The van der Waals surface area contributed by atoms with Crippen LogP contribution in [0.4, 0.5) is 0 Å². The summed E-state index contributed by atoms with van der Waals surface area (Å²) in [5.74, 6) is 0.562. The Bertz CT molecular complexity index is 880. The van der Waals surface area contributed by atoms with Crippen LogP contribution in [-0.4, -0.2) is 12.6 Å². The van der Waals surface area contributed by atoms with Gasteiger partial charge in [0.1, 0.15) is 11.5 Å². The highest BCUT2D eigenvalue weighted by Gasteiger charge is 2.11. The van der Waals surface area contributed by atoms with Gasteiger partial charge in [0.25, 0.3) is 0 Å². The molecule has 0 aliphatic heterocycles. The SMILES string of the molecule is O=C(Oc1ccc(Br)cc1Cl)c1ccc(OCCc2ccccc2)cc1. The number of esters is 1. The molecule has 0 aliphatic carbocycles. The minimum Gasteiger partial charge on any atom is -0.493 e. The van der Waals surface area contributed by atoms with Gasteiger partial charge in [0.2, 0.25) is 0 Å². The first-order valence-corrected chi connectivity index (χ1v) is 9.23.